The van der Waals surface area contributed by atoms with Crippen molar-refractivity contribution in [2.24, 2.45) is 5.16 Å². The molecule has 1 aromatic heterocycles. The van der Waals surface area contributed by atoms with Gasteiger partial charge in [-0.25, -0.2) is 4.79 Å². The Balaban J connectivity index is 1.72. The number of hydrazine groups is 1. The van der Waals surface area contributed by atoms with Gasteiger partial charge in [-0.3, -0.25) is 9.91 Å². The van der Waals surface area contributed by atoms with Crippen LogP contribution >= 0.6 is 11.3 Å². The topological polar surface area (TPSA) is 66.4 Å². The number of anilines is 1. The second-order valence-electron chi connectivity index (χ2n) is 7.94. The molecule has 1 aromatic carbocycles. The summed E-state index contributed by atoms with van der Waals surface area (Å²) < 4.78 is 5.37. The lowest BCUT2D eigenvalue weighted by Crippen LogP contribution is -2.39. The molecule has 2 heterocycles. The molecule has 0 radical (unpaired) electrons. The first-order valence-electron chi connectivity index (χ1n) is 9.42. The quantitative estimate of drug-likeness (QED) is 0.413. The molecule has 1 atom stereocenters. The largest absolute Gasteiger partial charge is 0.390 e. The Hall–Kier alpha value is -2.20. The molecule has 0 aliphatic carbocycles. The summed E-state index contributed by atoms with van der Waals surface area (Å²) in [6.45, 7) is 9.20. The zero-order valence-electron chi connectivity index (χ0n) is 17.7. The van der Waals surface area contributed by atoms with Gasteiger partial charge in [0.25, 0.3) is 0 Å². The van der Waals surface area contributed by atoms with Crippen molar-refractivity contribution in [1.82, 2.24) is 10.4 Å². The van der Waals surface area contributed by atoms with Gasteiger partial charge < -0.3 is 9.57 Å². The highest BCUT2D eigenvalue weighted by Gasteiger charge is 2.37. The molecule has 1 fully saturated rings. The molecule has 1 unspecified atom stereocenters. The van der Waals surface area contributed by atoms with Gasteiger partial charge in [-0.15, -0.1) is 11.3 Å². The number of hydrogen-bond donors (Lipinski definition) is 1. The van der Waals surface area contributed by atoms with E-state index in [4.69, 9.17) is 9.57 Å². The lowest BCUT2D eigenvalue weighted by atomic mass is 10.1. The van der Waals surface area contributed by atoms with Gasteiger partial charge in [0, 0.05) is 14.2 Å². The third kappa shape index (κ3) is 4.69. The molecule has 0 bridgehead atoms. The number of urea groups is 1. The molecule has 2 amide bonds. The highest BCUT2D eigenvalue weighted by molar-refractivity contribution is 7.10. The van der Waals surface area contributed by atoms with Crippen LogP contribution in [0.2, 0.25) is 19.6 Å². The number of carbonyl (C=O) groups is 1. The predicted octanol–water partition coefficient (Wildman–Crippen LogP) is 3.54. The molecule has 1 N–H and O–H groups in total. The van der Waals surface area contributed by atoms with Gasteiger partial charge in [-0.2, -0.15) is 5.43 Å². The Morgan fingerprint density at radius 1 is 1.31 bits per heavy atom. The second kappa shape index (κ2) is 8.66. The number of hydrogen-bond acceptors (Lipinski definition) is 6. The fourth-order valence-corrected chi connectivity index (χ4v) is 4.99. The fraction of sp³-hybridized carbons (Fsp3) is 0.400. The van der Waals surface area contributed by atoms with Crippen LogP contribution in [0.15, 0.2) is 40.9 Å². The average Bonchev–Trinajstić information content (AvgIpc) is 3.25. The van der Waals surface area contributed by atoms with Gasteiger partial charge in [0.1, 0.15) is 0 Å². The molecule has 156 valence electrons. The molecule has 1 aliphatic rings. The van der Waals surface area contributed by atoms with Crippen LogP contribution in [-0.4, -0.2) is 45.3 Å². The number of nitrogens with zero attached hydrogens (tertiary/aromatic N) is 3. The first-order valence-corrected chi connectivity index (χ1v) is 13.8. The van der Waals surface area contributed by atoms with Crippen molar-refractivity contribution in [2.75, 3.05) is 19.1 Å². The average molecular weight is 433 g/mol. The molecule has 1 saturated heterocycles. The number of benzene rings is 1. The molecule has 0 saturated carbocycles. The number of methoxy groups -OCH3 is 1. The summed E-state index contributed by atoms with van der Waals surface area (Å²) >= 11 is 1.52. The third-order valence-corrected chi connectivity index (χ3v) is 7.71. The molecule has 3 rings (SSSR count). The standard InChI is InChI=1S/C20H28N4O3SSi/c1-14(15-8-7-9-16(12-15)29(4,5)6)22-27-13-18-17(10-11-28-18)24-19(26-3)21-23(2)20(24)25/h7-12,19,21H,13H2,1-6H3/b22-14+. The minimum Gasteiger partial charge on any atom is -0.390 e. The number of ether oxygens (including phenoxy) is 1. The van der Waals surface area contributed by atoms with E-state index in [1.807, 2.05) is 18.4 Å². The predicted molar refractivity (Wildman–Crippen MR) is 120 cm³/mol. The minimum absolute atomic E-state index is 0.181. The van der Waals surface area contributed by atoms with E-state index < -0.39 is 14.4 Å². The zero-order valence-corrected chi connectivity index (χ0v) is 19.5. The number of thiophene rings is 1. The smallest absolute Gasteiger partial charge is 0.341 e. The van der Waals surface area contributed by atoms with Crippen LogP contribution in [0.25, 0.3) is 0 Å². The van der Waals surface area contributed by atoms with Crippen molar-refractivity contribution in [3.8, 4) is 0 Å². The van der Waals surface area contributed by atoms with Crippen molar-refractivity contribution in [3.05, 3.63) is 46.2 Å². The summed E-state index contributed by atoms with van der Waals surface area (Å²) in [5.74, 6) is 0. The Bertz CT molecular complexity index is 909. The number of rotatable bonds is 7. The number of carbonyl (C=O) groups excluding carboxylic acids is 1. The minimum atomic E-state index is -1.38. The SMILES string of the molecule is COC1NN(C)C(=O)N1c1ccsc1CO/N=C(\C)c1cccc([Si](C)(C)C)c1. The van der Waals surface area contributed by atoms with E-state index in [1.54, 1.807) is 19.1 Å². The van der Waals surface area contributed by atoms with E-state index in [0.29, 0.717) is 0 Å². The Kier molecular flexibility index (Phi) is 6.42. The number of nitrogens with one attached hydrogen (secondary N) is 1. The Morgan fingerprint density at radius 2 is 2.07 bits per heavy atom. The molecule has 9 heteroatoms. The van der Waals surface area contributed by atoms with E-state index in [-0.39, 0.29) is 12.6 Å². The molecule has 1 aliphatic heterocycles. The molecule has 29 heavy (non-hydrogen) atoms. The molecule has 0 spiro atoms. The van der Waals surface area contributed by atoms with Gasteiger partial charge in [0.15, 0.2) is 6.61 Å². The molecule has 7 nitrogen and oxygen atoms in total. The lowest BCUT2D eigenvalue weighted by molar-refractivity contribution is 0.0646. The zero-order chi connectivity index (χ0) is 21.2. The monoisotopic (exact) mass is 432 g/mol. The maximum Gasteiger partial charge on any atom is 0.341 e. The first kappa shape index (κ1) is 21.5. The van der Waals surface area contributed by atoms with E-state index >= 15 is 0 Å². The highest BCUT2D eigenvalue weighted by atomic mass is 32.1. The van der Waals surface area contributed by atoms with Crippen LogP contribution in [-0.2, 0) is 16.2 Å². The molecular formula is C20H28N4O3SSi. The third-order valence-electron chi connectivity index (χ3n) is 4.78. The summed E-state index contributed by atoms with van der Waals surface area (Å²) in [5, 5.41) is 9.04. The van der Waals surface area contributed by atoms with Gasteiger partial charge in [-0.05, 0) is 23.9 Å². The van der Waals surface area contributed by atoms with Gasteiger partial charge in [-0.1, -0.05) is 54.2 Å². The summed E-state index contributed by atoms with van der Waals surface area (Å²) in [5.41, 5.74) is 5.62. The second-order valence-corrected chi connectivity index (χ2v) is 14.0. The summed E-state index contributed by atoms with van der Waals surface area (Å²) in [6, 6.07) is 10.2. The maximum absolute atomic E-state index is 12.5. The van der Waals surface area contributed by atoms with Crippen LogP contribution in [0.5, 0.6) is 0 Å². The van der Waals surface area contributed by atoms with E-state index in [0.717, 1.165) is 21.8 Å². The van der Waals surface area contributed by atoms with Crippen molar-refractivity contribution in [1.29, 1.82) is 0 Å². The van der Waals surface area contributed by atoms with Crippen molar-refractivity contribution in [2.45, 2.75) is 39.5 Å². The van der Waals surface area contributed by atoms with E-state index in [2.05, 4.69) is 54.5 Å². The van der Waals surface area contributed by atoms with Crippen LogP contribution in [0.3, 0.4) is 0 Å². The first-order chi connectivity index (χ1) is 13.7. The van der Waals surface area contributed by atoms with Crippen molar-refractivity contribution >= 4 is 42.0 Å². The fourth-order valence-electron chi connectivity index (χ4n) is 3.04. The maximum atomic E-state index is 12.5. The van der Waals surface area contributed by atoms with E-state index in [9.17, 15) is 4.79 Å². The summed E-state index contributed by atoms with van der Waals surface area (Å²) in [4.78, 5) is 20.6. The van der Waals surface area contributed by atoms with E-state index in [1.165, 1.54) is 21.5 Å². The summed E-state index contributed by atoms with van der Waals surface area (Å²) in [6.07, 6.45) is -0.546. The van der Waals surface area contributed by atoms with Crippen LogP contribution < -0.4 is 15.5 Å². The number of oxime groups is 1. The molecule has 2 aromatic rings. The lowest BCUT2D eigenvalue weighted by Gasteiger charge is -2.20. The normalized spacial score (nSPS) is 17.9. The van der Waals surface area contributed by atoms with Gasteiger partial charge in [0.05, 0.1) is 24.4 Å². The van der Waals surface area contributed by atoms with Gasteiger partial charge >= 0.3 is 6.03 Å². The van der Waals surface area contributed by atoms with Gasteiger partial charge in [0.2, 0.25) is 6.35 Å². The molecular weight excluding hydrogens is 404 g/mol. The van der Waals surface area contributed by atoms with Crippen molar-refractivity contribution < 1.29 is 14.4 Å². The van der Waals surface area contributed by atoms with Crippen LogP contribution in [0.1, 0.15) is 17.4 Å². The summed E-state index contributed by atoms with van der Waals surface area (Å²) in [7, 11) is 1.84. The Labute approximate surface area is 176 Å². The van der Waals surface area contributed by atoms with Crippen molar-refractivity contribution in [3.63, 3.8) is 0 Å². The van der Waals surface area contributed by atoms with Crippen LogP contribution in [0.4, 0.5) is 10.5 Å². The van der Waals surface area contributed by atoms with Crippen LogP contribution in [0, 0.1) is 0 Å². The highest BCUT2D eigenvalue weighted by Crippen LogP contribution is 2.31. The Morgan fingerprint density at radius 3 is 2.76 bits per heavy atom. The number of amides is 2.